The predicted molar refractivity (Wildman–Crippen MR) is 71.0 cm³/mol. The van der Waals surface area contributed by atoms with Gasteiger partial charge in [-0.05, 0) is 31.4 Å². The minimum Gasteiger partial charge on any atom is -0.386 e. The van der Waals surface area contributed by atoms with E-state index in [-0.39, 0.29) is 11.1 Å². The summed E-state index contributed by atoms with van der Waals surface area (Å²) in [5, 5.41) is 3.02. The van der Waals surface area contributed by atoms with Crippen LogP contribution >= 0.6 is 0 Å². The number of aromatic nitrogens is 1. The topological polar surface area (TPSA) is 62.3 Å². The molecule has 0 spiro atoms. The summed E-state index contributed by atoms with van der Waals surface area (Å²) in [5.41, 5.74) is 0.555. The minimum absolute atomic E-state index is 0.113. The number of nitrogens with zero attached hydrogens (tertiary/aromatic N) is 2. The van der Waals surface area contributed by atoms with E-state index in [1.807, 2.05) is 6.92 Å². The lowest BCUT2D eigenvalue weighted by molar-refractivity contribution is 0.378. The van der Waals surface area contributed by atoms with Crippen molar-refractivity contribution in [2.45, 2.75) is 37.3 Å². The molecule has 2 rings (SSSR count). The van der Waals surface area contributed by atoms with Gasteiger partial charge in [0.2, 0.25) is 0 Å². The summed E-state index contributed by atoms with van der Waals surface area (Å²) in [6, 6.07) is 3.57. The van der Waals surface area contributed by atoms with Crippen LogP contribution in [0.4, 0.5) is 5.69 Å². The van der Waals surface area contributed by atoms with Gasteiger partial charge in [-0.15, -0.1) is 0 Å². The molecule has 0 amide bonds. The smallest absolute Gasteiger partial charge is 0.262 e. The maximum Gasteiger partial charge on any atom is 0.262 e. The summed E-state index contributed by atoms with van der Waals surface area (Å²) in [6.45, 7) is 2.62. The molecule has 2 heterocycles. The van der Waals surface area contributed by atoms with Gasteiger partial charge >= 0.3 is 0 Å². The Morgan fingerprint density at radius 1 is 1.56 bits per heavy atom. The van der Waals surface area contributed by atoms with Gasteiger partial charge in [0.15, 0.2) is 5.03 Å². The van der Waals surface area contributed by atoms with Crippen molar-refractivity contribution in [3.8, 4) is 0 Å². The van der Waals surface area contributed by atoms with E-state index in [2.05, 4.69) is 10.3 Å². The highest BCUT2D eigenvalue weighted by molar-refractivity contribution is 7.89. The molecule has 5 nitrogen and oxygen atoms in total. The van der Waals surface area contributed by atoms with Crippen LogP contribution in [0.15, 0.2) is 23.4 Å². The monoisotopic (exact) mass is 269 g/mol. The van der Waals surface area contributed by atoms with E-state index in [4.69, 9.17) is 0 Å². The van der Waals surface area contributed by atoms with E-state index in [0.29, 0.717) is 12.2 Å². The lowest BCUT2D eigenvalue weighted by Gasteiger charge is -2.23. The number of hydrogen-bond acceptors (Lipinski definition) is 4. The van der Waals surface area contributed by atoms with Crippen LogP contribution in [0.3, 0.4) is 0 Å². The van der Waals surface area contributed by atoms with Gasteiger partial charge in [-0.2, -0.15) is 4.31 Å². The molecule has 1 aliphatic rings. The standard InChI is InChI=1S/C12H19N3O2S/c1-3-10-6-5-9-15(10)18(16,17)12-11(13-2)7-4-8-14-12/h4,7-8,10,13H,3,5-6,9H2,1-2H3. The average molecular weight is 269 g/mol. The summed E-state index contributed by atoms with van der Waals surface area (Å²) in [6.07, 6.45) is 4.24. The average Bonchev–Trinajstić information content (AvgIpc) is 2.87. The fraction of sp³-hybridized carbons (Fsp3) is 0.583. The second-order valence-corrected chi connectivity index (χ2v) is 6.23. The first-order chi connectivity index (χ1) is 8.61. The number of sulfonamides is 1. The third kappa shape index (κ3) is 2.22. The lowest BCUT2D eigenvalue weighted by Crippen LogP contribution is -2.35. The third-order valence-corrected chi connectivity index (χ3v) is 5.30. The van der Waals surface area contributed by atoms with Gasteiger partial charge in [0, 0.05) is 25.8 Å². The Morgan fingerprint density at radius 2 is 2.33 bits per heavy atom. The molecule has 1 N–H and O–H groups in total. The molecule has 1 unspecified atom stereocenters. The Kier molecular flexibility index (Phi) is 3.87. The molecule has 0 aromatic carbocycles. The Labute approximate surface area is 108 Å². The van der Waals surface area contributed by atoms with Gasteiger partial charge in [-0.3, -0.25) is 0 Å². The highest BCUT2D eigenvalue weighted by Gasteiger charge is 2.36. The fourth-order valence-electron chi connectivity index (χ4n) is 2.43. The zero-order chi connectivity index (χ0) is 13.2. The summed E-state index contributed by atoms with van der Waals surface area (Å²) < 4.78 is 26.8. The molecule has 6 heteroatoms. The largest absolute Gasteiger partial charge is 0.386 e. The zero-order valence-electron chi connectivity index (χ0n) is 10.8. The summed E-state index contributed by atoms with van der Waals surface area (Å²) in [5.74, 6) is 0. The van der Waals surface area contributed by atoms with Crippen LogP contribution in [-0.2, 0) is 10.0 Å². The first kappa shape index (κ1) is 13.3. The predicted octanol–water partition coefficient (Wildman–Crippen LogP) is 1.69. The lowest BCUT2D eigenvalue weighted by atomic mass is 10.2. The van der Waals surface area contributed by atoms with Crippen molar-refractivity contribution >= 4 is 15.7 Å². The molecular formula is C12H19N3O2S. The highest BCUT2D eigenvalue weighted by Crippen LogP contribution is 2.29. The zero-order valence-corrected chi connectivity index (χ0v) is 11.6. The van der Waals surface area contributed by atoms with Crippen molar-refractivity contribution < 1.29 is 8.42 Å². The molecule has 18 heavy (non-hydrogen) atoms. The summed E-state index contributed by atoms with van der Waals surface area (Å²) >= 11 is 0. The molecule has 1 aliphatic heterocycles. The van der Waals surface area contributed by atoms with E-state index >= 15 is 0 Å². The van der Waals surface area contributed by atoms with Crippen LogP contribution < -0.4 is 5.32 Å². The van der Waals surface area contributed by atoms with Crippen LogP contribution in [0.2, 0.25) is 0 Å². The molecule has 1 fully saturated rings. The number of pyridine rings is 1. The normalized spacial score (nSPS) is 21.1. The fourth-order valence-corrected chi connectivity index (χ4v) is 4.31. The van der Waals surface area contributed by atoms with Crippen molar-refractivity contribution in [3.05, 3.63) is 18.3 Å². The molecule has 1 atom stereocenters. The van der Waals surface area contributed by atoms with Crippen LogP contribution in [0.25, 0.3) is 0 Å². The Balaban J connectivity index is 2.42. The number of rotatable bonds is 4. The summed E-state index contributed by atoms with van der Waals surface area (Å²) in [4.78, 5) is 4.04. The van der Waals surface area contributed by atoms with Crippen molar-refractivity contribution in [3.63, 3.8) is 0 Å². The third-order valence-electron chi connectivity index (χ3n) is 3.39. The molecular weight excluding hydrogens is 250 g/mol. The van der Waals surface area contributed by atoms with Crippen LogP contribution in [-0.4, -0.2) is 37.3 Å². The second kappa shape index (κ2) is 5.24. The van der Waals surface area contributed by atoms with Gasteiger partial charge in [-0.25, -0.2) is 13.4 Å². The quantitative estimate of drug-likeness (QED) is 0.903. The molecule has 0 bridgehead atoms. The van der Waals surface area contributed by atoms with Crippen LogP contribution in [0, 0.1) is 0 Å². The van der Waals surface area contributed by atoms with Gasteiger partial charge in [0.1, 0.15) is 0 Å². The van der Waals surface area contributed by atoms with E-state index in [1.165, 1.54) is 6.20 Å². The van der Waals surface area contributed by atoms with Gasteiger partial charge in [-0.1, -0.05) is 6.92 Å². The number of anilines is 1. The molecule has 1 aromatic heterocycles. The highest BCUT2D eigenvalue weighted by atomic mass is 32.2. The molecule has 0 aliphatic carbocycles. The van der Waals surface area contributed by atoms with Gasteiger partial charge < -0.3 is 5.32 Å². The minimum atomic E-state index is -3.48. The molecule has 0 radical (unpaired) electrons. The van der Waals surface area contributed by atoms with Crippen molar-refractivity contribution in [1.82, 2.24) is 9.29 Å². The second-order valence-electron chi connectivity index (χ2n) is 4.43. The molecule has 1 saturated heterocycles. The van der Waals surface area contributed by atoms with Crippen molar-refractivity contribution in [2.24, 2.45) is 0 Å². The maximum atomic E-state index is 12.6. The van der Waals surface area contributed by atoms with Crippen molar-refractivity contribution in [1.29, 1.82) is 0 Å². The number of hydrogen-bond donors (Lipinski definition) is 1. The SMILES string of the molecule is CCC1CCCN1S(=O)(=O)c1ncccc1NC. The van der Waals surface area contributed by atoms with Gasteiger partial charge in [0.25, 0.3) is 10.0 Å². The first-order valence-electron chi connectivity index (χ1n) is 6.26. The maximum absolute atomic E-state index is 12.6. The number of nitrogens with one attached hydrogen (secondary N) is 1. The Morgan fingerprint density at radius 3 is 3.00 bits per heavy atom. The van der Waals surface area contributed by atoms with E-state index < -0.39 is 10.0 Å². The van der Waals surface area contributed by atoms with Crippen molar-refractivity contribution in [2.75, 3.05) is 18.9 Å². The summed E-state index contributed by atoms with van der Waals surface area (Å²) in [7, 11) is -1.78. The Hall–Kier alpha value is -1.14. The molecule has 100 valence electrons. The first-order valence-corrected chi connectivity index (χ1v) is 7.70. The van der Waals surface area contributed by atoms with Gasteiger partial charge in [0.05, 0.1) is 5.69 Å². The van der Waals surface area contributed by atoms with E-state index in [9.17, 15) is 8.42 Å². The van der Waals surface area contributed by atoms with E-state index in [0.717, 1.165) is 19.3 Å². The van der Waals surface area contributed by atoms with E-state index in [1.54, 1.807) is 23.5 Å². The van der Waals surface area contributed by atoms with Crippen LogP contribution in [0.5, 0.6) is 0 Å². The molecule has 1 aromatic rings. The van der Waals surface area contributed by atoms with Crippen LogP contribution in [0.1, 0.15) is 26.2 Å². The Bertz CT molecular complexity index is 516. The molecule has 0 saturated carbocycles.